The minimum Gasteiger partial charge on any atom is -0.447 e. The number of carbonyl (C=O) groups excluding carboxylic acids is 2. The summed E-state index contributed by atoms with van der Waals surface area (Å²) in [6.07, 6.45) is 2.05. The standard InChI is InChI=1S/C18H17N3O3/c1-12(22)20-10-18-9-14-8-13(15-4-2-3-7-19-15)5-6-16(14)21(18)17(23)24-11-18/h2-8H,9-11H2,1H3,(H,20,22). The van der Waals surface area contributed by atoms with E-state index in [4.69, 9.17) is 4.74 Å². The van der Waals surface area contributed by atoms with Crippen LogP contribution in [0.15, 0.2) is 42.6 Å². The Morgan fingerprint density at radius 2 is 2.25 bits per heavy atom. The molecule has 2 aliphatic heterocycles. The first-order valence-corrected chi connectivity index (χ1v) is 7.85. The zero-order chi connectivity index (χ0) is 16.7. The van der Waals surface area contributed by atoms with Gasteiger partial charge in [0.15, 0.2) is 0 Å². The number of cyclic esters (lactones) is 1. The van der Waals surface area contributed by atoms with Gasteiger partial charge in [0.25, 0.3) is 0 Å². The molecule has 1 saturated heterocycles. The van der Waals surface area contributed by atoms with Crippen molar-refractivity contribution in [1.29, 1.82) is 0 Å². The number of nitrogens with zero attached hydrogens (tertiary/aromatic N) is 2. The number of pyridine rings is 1. The molecule has 0 radical (unpaired) electrons. The maximum Gasteiger partial charge on any atom is 0.415 e. The quantitative estimate of drug-likeness (QED) is 0.939. The molecule has 1 unspecified atom stereocenters. The first-order chi connectivity index (χ1) is 11.6. The van der Waals surface area contributed by atoms with Gasteiger partial charge < -0.3 is 10.1 Å². The summed E-state index contributed by atoms with van der Waals surface area (Å²) < 4.78 is 5.25. The molecule has 122 valence electrons. The van der Waals surface area contributed by atoms with Gasteiger partial charge in [-0.25, -0.2) is 4.79 Å². The highest BCUT2D eigenvalue weighted by Crippen LogP contribution is 2.44. The Bertz CT molecular complexity index is 822. The number of carbonyl (C=O) groups is 2. The Hall–Kier alpha value is -2.89. The number of benzene rings is 1. The van der Waals surface area contributed by atoms with E-state index in [9.17, 15) is 9.59 Å². The van der Waals surface area contributed by atoms with E-state index >= 15 is 0 Å². The molecular formula is C18H17N3O3. The predicted octanol–water partition coefficient (Wildman–Crippen LogP) is 2.14. The van der Waals surface area contributed by atoms with Crippen molar-refractivity contribution in [1.82, 2.24) is 10.3 Å². The van der Waals surface area contributed by atoms with Crippen LogP contribution in [0, 0.1) is 0 Å². The highest BCUT2D eigenvalue weighted by molar-refractivity contribution is 5.95. The lowest BCUT2D eigenvalue weighted by Crippen LogP contribution is -2.53. The summed E-state index contributed by atoms with van der Waals surface area (Å²) in [5.41, 5.74) is 3.29. The van der Waals surface area contributed by atoms with Crippen LogP contribution in [-0.4, -0.2) is 35.7 Å². The predicted molar refractivity (Wildman–Crippen MR) is 88.6 cm³/mol. The molecule has 4 rings (SSSR count). The Kier molecular flexibility index (Phi) is 3.26. The first kappa shape index (κ1) is 14.7. The second-order valence-corrected chi connectivity index (χ2v) is 6.26. The van der Waals surface area contributed by atoms with Crippen LogP contribution in [0.3, 0.4) is 0 Å². The monoisotopic (exact) mass is 323 g/mol. The van der Waals surface area contributed by atoms with Crippen molar-refractivity contribution in [2.45, 2.75) is 18.9 Å². The molecule has 1 aromatic heterocycles. The van der Waals surface area contributed by atoms with E-state index in [1.54, 1.807) is 11.1 Å². The molecular weight excluding hydrogens is 306 g/mol. The molecule has 1 aromatic carbocycles. The van der Waals surface area contributed by atoms with Gasteiger partial charge in [-0.2, -0.15) is 0 Å². The van der Waals surface area contributed by atoms with E-state index in [-0.39, 0.29) is 18.6 Å². The third kappa shape index (κ3) is 2.22. The summed E-state index contributed by atoms with van der Waals surface area (Å²) >= 11 is 0. The smallest absolute Gasteiger partial charge is 0.415 e. The fourth-order valence-corrected chi connectivity index (χ4v) is 3.48. The van der Waals surface area contributed by atoms with E-state index in [0.717, 1.165) is 22.5 Å². The normalized spacial score (nSPS) is 21.2. The maximum absolute atomic E-state index is 12.2. The molecule has 2 aliphatic rings. The first-order valence-electron chi connectivity index (χ1n) is 7.85. The average molecular weight is 323 g/mol. The van der Waals surface area contributed by atoms with Crippen LogP contribution in [0.1, 0.15) is 12.5 Å². The average Bonchev–Trinajstić information content (AvgIpc) is 3.08. The van der Waals surface area contributed by atoms with Crippen molar-refractivity contribution in [3.8, 4) is 11.3 Å². The number of aromatic nitrogens is 1. The van der Waals surface area contributed by atoms with Crippen molar-refractivity contribution in [2.75, 3.05) is 18.1 Å². The van der Waals surface area contributed by atoms with Gasteiger partial charge in [-0.3, -0.25) is 14.7 Å². The Labute approximate surface area is 139 Å². The SMILES string of the molecule is CC(=O)NCC12COC(=O)N1c1ccc(-c3ccccn3)cc1C2. The van der Waals surface area contributed by atoms with Crippen LogP contribution in [0.25, 0.3) is 11.3 Å². The number of rotatable bonds is 3. The fourth-order valence-electron chi connectivity index (χ4n) is 3.48. The lowest BCUT2D eigenvalue weighted by molar-refractivity contribution is -0.119. The lowest BCUT2D eigenvalue weighted by atomic mass is 9.94. The topological polar surface area (TPSA) is 71.5 Å². The minimum absolute atomic E-state index is 0.117. The van der Waals surface area contributed by atoms with Gasteiger partial charge in [-0.05, 0) is 29.8 Å². The maximum atomic E-state index is 12.2. The lowest BCUT2D eigenvalue weighted by Gasteiger charge is -2.28. The third-order valence-corrected chi connectivity index (χ3v) is 4.59. The second-order valence-electron chi connectivity index (χ2n) is 6.26. The van der Waals surface area contributed by atoms with E-state index in [1.807, 2.05) is 30.3 Å². The van der Waals surface area contributed by atoms with Crippen molar-refractivity contribution in [3.05, 3.63) is 48.2 Å². The number of nitrogens with one attached hydrogen (secondary N) is 1. The number of amides is 2. The molecule has 1 fully saturated rings. The second kappa shape index (κ2) is 5.33. The van der Waals surface area contributed by atoms with Crippen LogP contribution in [-0.2, 0) is 16.0 Å². The van der Waals surface area contributed by atoms with Crippen LogP contribution in [0.4, 0.5) is 10.5 Å². The highest BCUT2D eigenvalue weighted by Gasteiger charge is 2.53. The molecule has 2 amide bonds. The summed E-state index contributed by atoms with van der Waals surface area (Å²) in [6.45, 7) is 2.13. The van der Waals surface area contributed by atoms with E-state index in [0.29, 0.717) is 13.0 Å². The molecule has 6 nitrogen and oxygen atoms in total. The summed E-state index contributed by atoms with van der Waals surface area (Å²) in [5, 5.41) is 2.83. The third-order valence-electron chi connectivity index (χ3n) is 4.59. The Morgan fingerprint density at radius 3 is 3.00 bits per heavy atom. The molecule has 1 N–H and O–H groups in total. The van der Waals surface area contributed by atoms with Crippen LogP contribution in [0.2, 0.25) is 0 Å². The Balaban J connectivity index is 1.71. The van der Waals surface area contributed by atoms with E-state index < -0.39 is 5.54 Å². The van der Waals surface area contributed by atoms with Gasteiger partial charge in [-0.1, -0.05) is 12.1 Å². The molecule has 0 saturated carbocycles. The van der Waals surface area contributed by atoms with E-state index in [2.05, 4.69) is 16.4 Å². The van der Waals surface area contributed by atoms with Gasteiger partial charge in [0.1, 0.15) is 12.1 Å². The van der Waals surface area contributed by atoms with Gasteiger partial charge in [0.2, 0.25) is 5.91 Å². The summed E-state index contributed by atoms with van der Waals surface area (Å²) in [7, 11) is 0. The fraction of sp³-hybridized carbons (Fsp3) is 0.278. The number of hydrogen-bond donors (Lipinski definition) is 1. The Morgan fingerprint density at radius 1 is 1.38 bits per heavy atom. The molecule has 6 heteroatoms. The summed E-state index contributed by atoms with van der Waals surface area (Å²) in [6, 6.07) is 11.7. The molecule has 3 heterocycles. The number of ether oxygens (including phenoxy) is 1. The summed E-state index contributed by atoms with van der Waals surface area (Å²) in [5.74, 6) is -0.117. The van der Waals surface area contributed by atoms with Gasteiger partial charge in [0.05, 0.1) is 11.4 Å². The highest BCUT2D eigenvalue weighted by atomic mass is 16.6. The number of anilines is 1. The van der Waals surface area contributed by atoms with Gasteiger partial charge in [0, 0.05) is 31.6 Å². The van der Waals surface area contributed by atoms with Crippen LogP contribution >= 0.6 is 0 Å². The van der Waals surface area contributed by atoms with Crippen LogP contribution in [0.5, 0.6) is 0 Å². The molecule has 0 aliphatic carbocycles. The largest absolute Gasteiger partial charge is 0.447 e. The van der Waals surface area contributed by atoms with E-state index in [1.165, 1.54) is 6.92 Å². The molecule has 0 spiro atoms. The van der Waals surface area contributed by atoms with Crippen LogP contribution < -0.4 is 10.2 Å². The number of fused-ring (bicyclic) bond motifs is 3. The molecule has 2 aromatic rings. The number of hydrogen-bond acceptors (Lipinski definition) is 4. The van der Waals surface area contributed by atoms with Crippen molar-refractivity contribution in [2.24, 2.45) is 0 Å². The van der Waals surface area contributed by atoms with Crippen molar-refractivity contribution >= 4 is 17.7 Å². The van der Waals surface area contributed by atoms with Crippen molar-refractivity contribution < 1.29 is 14.3 Å². The minimum atomic E-state index is -0.534. The molecule has 0 bridgehead atoms. The zero-order valence-corrected chi connectivity index (χ0v) is 13.3. The summed E-state index contributed by atoms with van der Waals surface area (Å²) in [4.78, 5) is 29.6. The zero-order valence-electron chi connectivity index (χ0n) is 13.3. The molecule has 24 heavy (non-hydrogen) atoms. The van der Waals surface area contributed by atoms with Gasteiger partial charge >= 0.3 is 6.09 Å². The van der Waals surface area contributed by atoms with Gasteiger partial charge in [-0.15, -0.1) is 0 Å². The molecule has 1 atom stereocenters. The van der Waals surface area contributed by atoms with Crippen molar-refractivity contribution in [3.63, 3.8) is 0 Å².